The van der Waals surface area contributed by atoms with E-state index >= 15 is 0 Å². The van der Waals surface area contributed by atoms with Crippen LogP contribution in [0.4, 0.5) is 0 Å². The molecule has 21 heavy (non-hydrogen) atoms. The van der Waals surface area contributed by atoms with Gasteiger partial charge in [-0.3, -0.25) is 0 Å². The van der Waals surface area contributed by atoms with Gasteiger partial charge in [-0.05, 0) is 23.9 Å². The van der Waals surface area contributed by atoms with Crippen LogP contribution in [0.5, 0.6) is 0 Å². The molecule has 0 aliphatic carbocycles. The van der Waals surface area contributed by atoms with Crippen LogP contribution in [0.1, 0.15) is 54.8 Å². The molecule has 1 N–H and O–H groups in total. The van der Waals surface area contributed by atoms with Gasteiger partial charge in [0.15, 0.2) is 0 Å². The molecule has 1 aromatic carbocycles. The van der Waals surface area contributed by atoms with Gasteiger partial charge >= 0.3 is 0 Å². The zero-order valence-corrected chi connectivity index (χ0v) is 14.3. The summed E-state index contributed by atoms with van der Waals surface area (Å²) >= 11 is 1.86. The predicted molar refractivity (Wildman–Crippen MR) is 92.0 cm³/mol. The molecule has 114 valence electrons. The van der Waals surface area contributed by atoms with E-state index in [1.807, 2.05) is 11.3 Å². The minimum Gasteiger partial charge on any atom is -0.312 e. The average Bonchev–Trinajstić information content (AvgIpc) is 2.82. The third kappa shape index (κ3) is 4.94. The first kappa shape index (κ1) is 16.2. The van der Waals surface area contributed by atoms with E-state index in [1.165, 1.54) is 21.1 Å². The SMILES string of the molecule is CC(C)CNCc1sc(Cc2ccccc2)nc1C(C)C. The average molecular weight is 302 g/mol. The van der Waals surface area contributed by atoms with Gasteiger partial charge in [0.2, 0.25) is 0 Å². The molecule has 0 saturated carbocycles. The smallest absolute Gasteiger partial charge is 0.0975 e. The maximum Gasteiger partial charge on any atom is 0.0975 e. The molecule has 0 atom stereocenters. The van der Waals surface area contributed by atoms with Gasteiger partial charge in [0.05, 0.1) is 10.7 Å². The number of rotatable bonds is 7. The lowest BCUT2D eigenvalue weighted by atomic mass is 10.1. The molecule has 0 aliphatic rings. The lowest BCUT2D eigenvalue weighted by molar-refractivity contribution is 0.552. The fourth-order valence-corrected chi connectivity index (χ4v) is 3.54. The quantitative estimate of drug-likeness (QED) is 0.808. The van der Waals surface area contributed by atoms with Gasteiger partial charge in [-0.1, -0.05) is 58.0 Å². The van der Waals surface area contributed by atoms with Crippen LogP contribution in [0.2, 0.25) is 0 Å². The van der Waals surface area contributed by atoms with Crippen molar-refractivity contribution in [2.75, 3.05) is 6.54 Å². The zero-order valence-electron chi connectivity index (χ0n) is 13.5. The van der Waals surface area contributed by atoms with Crippen LogP contribution in [0.3, 0.4) is 0 Å². The fourth-order valence-electron chi connectivity index (χ4n) is 2.31. The Kier molecular flexibility index (Phi) is 5.95. The third-order valence-corrected chi connectivity index (χ3v) is 4.43. The van der Waals surface area contributed by atoms with Crippen molar-refractivity contribution in [1.82, 2.24) is 10.3 Å². The first-order chi connectivity index (χ1) is 10.1. The molecular weight excluding hydrogens is 276 g/mol. The van der Waals surface area contributed by atoms with Crippen LogP contribution in [0.25, 0.3) is 0 Å². The molecule has 3 heteroatoms. The van der Waals surface area contributed by atoms with Gasteiger partial charge < -0.3 is 5.32 Å². The van der Waals surface area contributed by atoms with Crippen LogP contribution in [-0.4, -0.2) is 11.5 Å². The summed E-state index contributed by atoms with van der Waals surface area (Å²) in [6.45, 7) is 10.9. The number of nitrogens with one attached hydrogen (secondary N) is 1. The Morgan fingerprint density at radius 3 is 2.43 bits per heavy atom. The summed E-state index contributed by atoms with van der Waals surface area (Å²) in [6, 6.07) is 10.6. The van der Waals surface area contributed by atoms with Crippen molar-refractivity contribution in [2.24, 2.45) is 5.92 Å². The van der Waals surface area contributed by atoms with E-state index in [0.29, 0.717) is 11.8 Å². The highest BCUT2D eigenvalue weighted by Gasteiger charge is 2.14. The highest BCUT2D eigenvalue weighted by Crippen LogP contribution is 2.26. The molecular formula is C18H26N2S. The maximum atomic E-state index is 4.88. The molecule has 0 aliphatic heterocycles. The van der Waals surface area contributed by atoms with Crippen LogP contribution >= 0.6 is 11.3 Å². The Morgan fingerprint density at radius 1 is 1.10 bits per heavy atom. The van der Waals surface area contributed by atoms with Gasteiger partial charge in [0.1, 0.15) is 0 Å². The summed E-state index contributed by atoms with van der Waals surface area (Å²) in [5.41, 5.74) is 2.60. The second kappa shape index (κ2) is 7.71. The van der Waals surface area contributed by atoms with E-state index in [2.05, 4.69) is 63.3 Å². The Morgan fingerprint density at radius 2 is 1.81 bits per heavy atom. The molecule has 0 saturated heterocycles. The largest absolute Gasteiger partial charge is 0.312 e. The van der Waals surface area contributed by atoms with Crippen LogP contribution in [0, 0.1) is 5.92 Å². The highest BCUT2D eigenvalue weighted by molar-refractivity contribution is 7.11. The summed E-state index contributed by atoms with van der Waals surface area (Å²) in [7, 11) is 0. The fraction of sp³-hybridized carbons (Fsp3) is 0.500. The van der Waals surface area contributed by atoms with Crippen molar-refractivity contribution in [1.29, 1.82) is 0 Å². The van der Waals surface area contributed by atoms with Crippen LogP contribution in [-0.2, 0) is 13.0 Å². The summed E-state index contributed by atoms with van der Waals surface area (Å²) < 4.78 is 0. The number of thiazole rings is 1. The molecule has 0 amide bonds. The summed E-state index contributed by atoms with van der Waals surface area (Å²) in [4.78, 5) is 6.28. The number of hydrogen-bond donors (Lipinski definition) is 1. The van der Waals surface area contributed by atoms with Gasteiger partial charge in [-0.15, -0.1) is 11.3 Å². The second-order valence-electron chi connectivity index (χ2n) is 6.26. The summed E-state index contributed by atoms with van der Waals surface area (Å²) in [5.74, 6) is 1.17. The Labute approximate surface area is 132 Å². The molecule has 2 nitrogen and oxygen atoms in total. The van der Waals surface area contributed by atoms with E-state index in [1.54, 1.807) is 0 Å². The van der Waals surface area contributed by atoms with Crippen molar-refractivity contribution in [2.45, 2.75) is 46.6 Å². The highest BCUT2D eigenvalue weighted by atomic mass is 32.1. The van der Waals surface area contributed by atoms with Crippen LogP contribution in [0.15, 0.2) is 30.3 Å². The normalized spacial score (nSPS) is 11.5. The Bertz CT molecular complexity index is 544. The number of hydrogen-bond acceptors (Lipinski definition) is 3. The van der Waals surface area contributed by atoms with Crippen LogP contribution < -0.4 is 5.32 Å². The van der Waals surface area contributed by atoms with Crippen molar-refractivity contribution in [3.05, 3.63) is 51.5 Å². The predicted octanol–water partition coefficient (Wildman–Crippen LogP) is 4.60. The second-order valence-corrected chi connectivity index (χ2v) is 7.43. The van der Waals surface area contributed by atoms with E-state index < -0.39 is 0 Å². The molecule has 0 fully saturated rings. The molecule has 2 aromatic rings. The molecule has 0 unspecified atom stereocenters. The topological polar surface area (TPSA) is 24.9 Å². The standard InChI is InChI=1S/C18H26N2S/c1-13(2)11-19-12-16-18(14(3)4)20-17(21-16)10-15-8-6-5-7-9-15/h5-9,13-14,19H,10-12H2,1-4H3. The van der Waals surface area contributed by atoms with Gasteiger partial charge in [-0.25, -0.2) is 4.98 Å². The van der Waals surface area contributed by atoms with Crippen molar-refractivity contribution in [3.8, 4) is 0 Å². The molecule has 0 bridgehead atoms. The first-order valence-corrected chi connectivity index (χ1v) is 8.61. The Hall–Kier alpha value is -1.19. The van der Waals surface area contributed by atoms with Gasteiger partial charge in [0.25, 0.3) is 0 Å². The lowest BCUT2D eigenvalue weighted by Crippen LogP contribution is -2.19. The monoisotopic (exact) mass is 302 g/mol. The number of nitrogens with zero attached hydrogens (tertiary/aromatic N) is 1. The lowest BCUT2D eigenvalue weighted by Gasteiger charge is -2.08. The van der Waals surface area contributed by atoms with Crippen molar-refractivity contribution < 1.29 is 0 Å². The van der Waals surface area contributed by atoms with Gasteiger partial charge in [-0.2, -0.15) is 0 Å². The molecule has 1 aromatic heterocycles. The first-order valence-electron chi connectivity index (χ1n) is 7.79. The minimum absolute atomic E-state index is 0.488. The molecule has 1 heterocycles. The van der Waals surface area contributed by atoms with Crippen molar-refractivity contribution in [3.63, 3.8) is 0 Å². The van der Waals surface area contributed by atoms with E-state index in [0.717, 1.165) is 19.5 Å². The van der Waals surface area contributed by atoms with E-state index in [4.69, 9.17) is 4.98 Å². The summed E-state index contributed by atoms with van der Waals surface area (Å²) in [6.07, 6.45) is 0.940. The van der Waals surface area contributed by atoms with E-state index in [9.17, 15) is 0 Å². The molecule has 2 rings (SSSR count). The van der Waals surface area contributed by atoms with Gasteiger partial charge in [0, 0.05) is 17.8 Å². The molecule has 0 radical (unpaired) electrons. The summed E-state index contributed by atoms with van der Waals surface area (Å²) in [5, 5.41) is 4.77. The molecule has 0 spiro atoms. The number of benzene rings is 1. The van der Waals surface area contributed by atoms with E-state index in [-0.39, 0.29) is 0 Å². The maximum absolute atomic E-state index is 4.88. The Balaban J connectivity index is 2.09. The zero-order chi connectivity index (χ0) is 15.2. The number of aromatic nitrogens is 1. The third-order valence-electron chi connectivity index (χ3n) is 3.36. The van der Waals surface area contributed by atoms with Crippen molar-refractivity contribution >= 4 is 11.3 Å². The minimum atomic E-state index is 0.488.